The molecule has 3 N–H and O–H groups in total. The summed E-state index contributed by atoms with van der Waals surface area (Å²) in [7, 11) is 0. The molecule has 1 amide bonds. The largest absolute Gasteiger partial charge is 0.450 e. The van der Waals surface area contributed by atoms with Crippen LogP contribution in [-0.2, 0) is 4.74 Å². The molecular formula is C13H19BrN4O2. The Balaban J connectivity index is 1.86. The molecule has 0 unspecified atom stereocenters. The Hall–Kier alpha value is -1.50. The van der Waals surface area contributed by atoms with Crippen LogP contribution in [0.1, 0.15) is 19.8 Å². The number of carbonyl (C=O) groups is 1. The summed E-state index contributed by atoms with van der Waals surface area (Å²) < 4.78 is 5.85. The Labute approximate surface area is 126 Å². The van der Waals surface area contributed by atoms with Crippen molar-refractivity contribution in [2.45, 2.75) is 25.8 Å². The molecule has 2 heterocycles. The van der Waals surface area contributed by atoms with Crippen LogP contribution in [0.3, 0.4) is 0 Å². The molecule has 0 atom stereocenters. The number of rotatable bonds is 3. The Morgan fingerprint density at radius 1 is 1.60 bits per heavy atom. The minimum absolute atomic E-state index is 0.224. The molecule has 1 aliphatic heterocycles. The smallest absolute Gasteiger partial charge is 0.409 e. The van der Waals surface area contributed by atoms with Gasteiger partial charge in [-0.05, 0) is 41.8 Å². The average Bonchev–Trinajstić information content (AvgIpc) is 2.43. The van der Waals surface area contributed by atoms with Gasteiger partial charge in [-0.2, -0.15) is 0 Å². The van der Waals surface area contributed by atoms with Crippen molar-refractivity contribution in [1.29, 1.82) is 0 Å². The number of pyridine rings is 1. The SMILES string of the molecule is CCOC(=O)N1CCC(Nc2ncc(N)cc2Br)CC1. The van der Waals surface area contributed by atoms with Crippen molar-refractivity contribution in [1.82, 2.24) is 9.88 Å². The van der Waals surface area contributed by atoms with E-state index in [0.29, 0.717) is 31.4 Å². The lowest BCUT2D eigenvalue weighted by Gasteiger charge is -2.32. The maximum Gasteiger partial charge on any atom is 0.409 e. The third kappa shape index (κ3) is 3.75. The van der Waals surface area contributed by atoms with Gasteiger partial charge in [0.25, 0.3) is 0 Å². The number of carbonyl (C=O) groups excluding carboxylic acids is 1. The van der Waals surface area contributed by atoms with Gasteiger partial charge in [0.05, 0.1) is 23.0 Å². The van der Waals surface area contributed by atoms with E-state index in [1.807, 2.05) is 13.0 Å². The number of aromatic nitrogens is 1. The number of nitrogens with one attached hydrogen (secondary N) is 1. The molecule has 1 aromatic heterocycles. The molecule has 110 valence electrons. The molecule has 0 saturated carbocycles. The summed E-state index contributed by atoms with van der Waals surface area (Å²) in [5.74, 6) is 0.786. The monoisotopic (exact) mass is 342 g/mol. The molecule has 0 spiro atoms. The van der Waals surface area contributed by atoms with Crippen LogP contribution >= 0.6 is 15.9 Å². The highest BCUT2D eigenvalue weighted by Crippen LogP contribution is 2.24. The summed E-state index contributed by atoms with van der Waals surface area (Å²) >= 11 is 3.44. The summed E-state index contributed by atoms with van der Waals surface area (Å²) in [6.07, 6.45) is 3.15. The number of ether oxygens (including phenoxy) is 1. The Morgan fingerprint density at radius 3 is 2.90 bits per heavy atom. The van der Waals surface area contributed by atoms with Crippen LogP contribution < -0.4 is 11.1 Å². The van der Waals surface area contributed by atoms with Crippen molar-refractivity contribution in [3.63, 3.8) is 0 Å². The number of piperidine rings is 1. The van der Waals surface area contributed by atoms with Gasteiger partial charge in [0.2, 0.25) is 0 Å². The Kier molecular flexibility index (Phi) is 5.05. The van der Waals surface area contributed by atoms with E-state index in [1.165, 1.54) is 0 Å². The molecular weight excluding hydrogens is 324 g/mol. The van der Waals surface area contributed by atoms with Gasteiger partial charge in [0.15, 0.2) is 0 Å². The zero-order chi connectivity index (χ0) is 14.5. The zero-order valence-electron chi connectivity index (χ0n) is 11.4. The summed E-state index contributed by atoms with van der Waals surface area (Å²) in [6, 6.07) is 2.12. The fourth-order valence-corrected chi connectivity index (χ4v) is 2.65. The predicted octanol–water partition coefficient (Wildman–Crippen LogP) is 2.46. The first-order valence-electron chi connectivity index (χ1n) is 6.69. The summed E-state index contributed by atoms with van der Waals surface area (Å²) in [4.78, 5) is 17.6. The van der Waals surface area contributed by atoms with Crippen LogP contribution in [0.4, 0.5) is 16.3 Å². The van der Waals surface area contributed by atoms with Crippen molar-refractivity contribution < 1.29 is 9.53 Å². The highest BCUT2D eigenvalue weighted by molar-refractivity contribution is 9.10. The second-order valence-corrected chi connectivity index (χ2v) is 5.56. The predicted molar refractivity (Wildman–Crippen MR) is 81.6 cm³/mol. The number of nitrogens with zero attached hydrogens (tertiary/aromatic N) is 2. The number of hydrogen-bond donors (Lipinski definition) is 2. The van der Waals surface area contributed by atoms with E-state index >= 15 is 0 Å². The first-order valence-corrected chi connectivity index (χ1v) is 7.48. The molecule has 1 aromatic rings. The second-order valence-electron chi connectivity index (χ2n) is 4.70. The van der Waals surface area contributed by atoms with Crippen LogP contribution in [0.25, 0.3) is 0 Å². The number of nitrogen functional groups attached to an aromatic ring is 1. The number of hydrogen-bond acceptors (Lipinski definition) is 5. The molecule has 0 aromatic carbocycles. The molecule has 1 saturated heterocycles. The fourth-order valence-electron chi connectivity index (χ4n) is 2.17. The van der Waals surface area contributed by atoms with Crippen molar-refractivity contribution in [2.24, 2.45) is 0 Å². The zero-order valence-corrected chi connectivity index (χ0v) is 13.0. The van der Waals surface area contributed by atoms with Crippen LogP contribution in [-0.4, -0.2) is 41.7 Å². The van der Waals surface area contributed by atoms with Crippen molar-refractivity contribution >= 4 is 33.5 Å². The topological polar surface area (TPSA) is 80.5 Å². The fraction of sp³-hybridized carbons (Fsp3) is 0.538. The highest BCUT2D eigenvalue weighted by atomic mass is 79.9. The van der Waals surface area contributed by atoms with Crippen molar-refractivity contribution in [3.8, 4) is 0 Å². The number of anilines is 2. The highest BCUT2D eigenvalue weighted by Gasteiger charge is 2.23. The van der Waals surface area contributed by atoms with Gasteiger partial charge < -0.3 is 20.7 Å². The molecule has 20 heavy (non-hydrogen) atoms. The molecule has 1 fully saturated rings. The quantitative estimate of drug-likeness (QED) is 0.881. The van der Waals surface area contributed by atoms with Gasteiger partial charge >= 0.3 is 6.09 Å². The lowest BCUT2D eigenvalue weighted by atomic mass is 10.1. The first-order chi connectivity index (χ1) is 9.60. The van der Waals surface area contributed by atoms with Crippen LogP contribution in [0.2, 0.25) is 0 Å². The van der Waals surface area contributed by atoms with Gasteiger partial charge in [0.1, 0.15) is 5.82 Å². The number of amides is 1. The lowest BCUT2D eigenvalue weighted by Crippen LogP contribution is -2.42. The van der Waals surface area contributed by atoms with Crippen LogP contribution in [0.15, 0.2) is 16.7 Å². The third-order valence-electron chi connectivity index (χ3n) is 3.22. The minimum atomic E-state index is -0.224. The minimum Gasteiger partial charge on any atom is -0.450 e. The van der Waals surface area contributed by atoms with Gasteiger partial charge in [-0.25, -0.2) is 9.78 Å². The van der Waals surface area contributed by atoms with Gasteiger partial charge in [-0.15, -0.1) is 0 Å². The Morgan fingerprint density at radius 2 is 2.30 bits per heavy atom. The van der Waals surface area contributed by atoms with Gasteiger partial charge in [-0.1, -0.05) is 0 Å². The summed E-state index contributed by atoms with van der Waals surface area (Å²) in [5.41, 5.74) is 6.29. The summed E-state index contributed by atoms with van der Waals surface area (Å²) in [6.45, 7) is 3.63. The maximum absolute atomic E-state index is 11.6. The van der Waals surface area contributed by atoms with E-state index in [2.05, 4.69) is 26.2 Å². The van der Waals surface area contributed by atoms with E-state index in [9.17, 15) is 4.79 Å². The summed E-state index contributed by atoms with van der Waals surface area (Å²) in [5, 5.41) is 3.38. The normalized spacial score (nSPS) is 16.0. The molecule has 2 rings (SSSR count). The number of nitrogens with two attached hydrogens (primary N) is 1. The standard InChI is InChI=1S/C13H19BrN4O2/c1-2-20-13(19)18-5-3-10(4-6-18)17-12-11(14)7-9(15)8-16-12/h7-8,10H,2-6,15H2,1H3,(H,16,17). The van der Waals surface area contributed by atoms with Crippen molar-refractivity contribution in [3.05, 3.63) is 16.7 Å². The number of likely N-dealkylation sites (tertiary alicyclic amines) is 1. The van der Waals surface area contributed by atoms with E-state index in [0.717, 1.165) is 23.1 Å². The third-order valence-corrected chi connectivity index (χ3v) is 3.83. The molecule has 0 aliphatic carbocycles. The molecule has 1 aliphatic rings. The second kappa shape index (κ2) is 6.78. The number of halogens is 1. The van der Waals surface area contributed by atoms with E-state index in [4.69, 9.17) is 10.5 Å². The molecule has 0 radical (unpaired) electrons. The molecule has 6 nitrogen and oxygen atoms in total. The molecule has 0 bridgehead atoms. The van der Waals surface area contributed by atoms with E-state index in [1.54, 1.807) is 11.1 Å². The Bertz CT molecular complexity index is 475. The average molecular weight is 343 g/mol. The molecule has 7 heteroatoms. The maximum atomic E-state index is 11.6. The van der Waals surface area contributed by atoms with E-state index < -0.39 is 0 Å². The van der Waals surface area contributed by atoms with Crippen LogP contribution in [0, 0.1) is 0 Å². The lowest BCUT2D eigenvalue weighted by molar-refractivity contribution is 0.0983. The van der Waals surface area contributed by atoms with Gasteiger partial charge in [-0.3, -0.25) is 0 Å². The van der Waals surface area contributed by atoms with Gasteiger partial charge in [0, 0.05) is 19.1 Å². The van der Waals surface area contributed by atoms with Crippen molar-refractivity contribution in [2.75, 3.05) is 30.7 Å². The van der Waals surface area contributed by atoms with E-state index in [-0.39, 0.29) is 6.09 Å². The van der Waals surface area contributed by atoms with Crippen LogP contribution in [0.5, 0.6) is 0 Å². The first kappa shape index (κ1) is 14.9.